The minimum Gasteiger partial charge on any atom is -0.325 e. The SMILES string of the molecule is CN(CC(=O)Nc1ccncc1)S(=O)(=O)c1ccc2ccccc2c1. The van der Waals surface area contributed by atoms with Crippen molar-refractivity contribution in [2.75, 3.05) is 18.9 Å². The van der Waals surface area contributed by atoms with Crippen LogP contribution in [0.4, 0.5) is 5.69 Å². The van der Waals surface area contributed by atoms with Crippen molar-refractivity contribution < 1.29 is 13.2 Å². The van der Waals surface area contributed by atoms with Crippen LogP contribution in [0.5, 0.6) is 0 Å². The third-order valence-corrected chi connectivity index (χ3v) is 5.56. The molecular formula is C18H17N3O3S. The van der Waals surface area contributed by atoms with Gasteiger partial charge in [-0.3, -0.25) is 9.78 Å². The van der Waals surface area contributed by atoms with Gasteiger partial charge < -0.3 is 5.32 Å². The highest BCUT2D eigenvalue weighted by Crippen LogP contribution is 2.21. The molecule has 0 aliphatic heterocycles. The molecule has 0 aliphatic carbocycles. The summed E-state index contributed by atoms with van der Waals surface area (Å²) in [6, 6.07) is 15.7. The Bertz CT molecular complexity index is 1000. The van der Waals surface area contributed by atoms with E-state index in [1.54, 1.807) is 42.7 Å². The summed E-state index contributed by atoms with van der Waals surface area (Å²) < 4.78 is 26.4. The second kappa shape index (κ2) is 7.00. The molecule has 0 spiro atoms. The molecule has 0 radical (unpaired) electrons. The molecule has 0 fully saturated rings. The fourth-order valence-corrected chi connectivity index (χ4v) is 3.59. The highest BCUT2D eigenvalue weighted by Gasteiger charge is 2.23. The van der Waals surface area contributed by atoms with Gasteiger partial charge in [0.15, 0.2) is 0 Å². The number of pyridine rings is 1. The maximum Gasteiger partial charge on any atom is 0.243 e. The molecule has 128 valence electrons. The molecular weight excluding hydrogens is 338 g/mol. The van der Waals surface area contributed by atoms with Gasteiger partial charge in [0.2, 0.25) is 15.9 Å². The fraction of sp³-hybridized carbons (Fsp3) is 0.111. The molecule has 0 atom stereocenters. The summed E-state index contributed by atoms with van der Waals surface area (Å²) >= 11 is 0. The first kappa shape index (κ1) is 17.1. The molecule has 1 aromatic heterocycles. The van der Waals surface area contributed by atoms with Crippen LogP contribution in [0.1, 0.15) is 0 Å². The minimum absolute atomic E-state index is 0.158. The number of fused-ring (bicyclic) bond motifs is 1. The number of carbonyl (C=O) groups excluding carboxylic acids is 1. The van der Waals surface area contributed by atoms with Gasteiger partial charge in [0.25, 0.3) is 0 Å². The van der Waals surface area contributed by atoms with Gasteiger partial charge >= 0.3 is 0 Å². The van der Waals surface area contributed by atoms with Crippen LogP contribution < -0.4 is 5.32 Å². The minimum atomic E-state index is -3.76. The zero-order chi connectivity index (χ0) is 17.9. The third-order valence-electron chi connectivity index (χ3n) is 3.76. The van der Waals surface area contributed by atoms with Gasteiger partial charge in [-0.05, 0) is 35.0 Å². The molecule has 0 aliphatic rings. The lowest BCUT2D eigenvalue weighted by molar-refractivity contribution is -0.116. The lowest BCUT2D eigenvalue weighted by Crippen LogP contribution is -2.34. The lowest BCUT2D eigenvalue weighted by Gasteiger charge is -2.17. The van der Waals surface area contributed by atoms with Gasteiger partial charge in [0, 0.05) is 25.1 Å². The fourth-order valence-electron chi connectivity index (χ4n) is 2.43. The first-order valence-electron chi connectivity index (χ1n) is 7.62. The highest BCUT2D eigenvalue weighted by atomic mass is 32.2. The summed E-state index contributed by atoms with van der Waals surface area (Å²) in [5.41, 5.74) is 0.566. The van der Waals surface area contributed by atoms with E-state index in [9.17, 15) is 13.2 Å². The molecule has 1 N–H and O–H groups in total. The second-order valence-corrected chi connectivity index (χ2v) is 7.60. The second-order valence-electron chi connectivity index (χ2n) is 5.55. The van der Waals surface area contributed by atoms with E-state index in [0.717, 1.165) is 15.1 Å². The maximum absolute atomic E-state index is 12.7. The number of nitrogens with zero attached hydrogens (tertiary/aromatic N) is 2. The van der Waals surface area contributed by atoms with Crippen molar-refractivity contribution in [3.63, 3.8) is 0 Å². The smallest absolute Gasteiger partial charge is 0.243 e. The topological polar surface area (TPSA) is 79.4 Å². The van der Waals surface area contributed by atoms with Crippen LogP contribution in [0, 0.1) is 0 Å². The monoisotopic (exact) mass is 355 g/mol. The number of hydrogen-bond acceptors (Lipinski definition) is 4. The van der Waals surface area contributed by atoms with Gasteiger partial charge in [0.1, 0.15) is 0 Å². The van der Waals surface area contributed by atoms with E-state index < -0.39 is 15.9 Å². The van der Waals surface area contributed by atoms with E-state index in [1.807, 2.05) is 24.3 Å². The van der Waals surface area contributed by atoms with Crippen molar-refractivity contribution in [2.24, 2.45) is 0 Å². The van der Waals surface area contributed by atoms with E-state index >= 15 is 0 Å². The zero-order valence-electron chi connectivity index (χ0n) is 13.6. The van der Waals surface area contributed by atoms with Crippen LogP contribution in [-0.4, -0.2) is 37.2 Å². The zero-order valence-corrected chi connectivity index (χ0v) is 14.4. The largest absolute Gasteiger partial charge is 0.325 e. The first-order valence-corrected chi connectivity index (χ1v) is 9.06. The first-order chi connectivity index (χ1) is 12.0. The molecule has 1 amide bonds. The van der Waals surface area contributed by atoms with Gasteiger partial charge in [-0.1, -0.05) is 30.3 Å². The number of anilines is 1. The molecule has 0 saturated carbocycles. The molecule has 7 heteroatoms. The van der Waals surface area contributed by atoms with Crippen molar-refractivity contribution in [3.05, 3.63) is 67.0 Å². The Hall–Kier alpha value is -2.77. The summed E-state index contributed by atoms with van der Waals surface area (Å²) in [6.45, 7) is -0.280. The van der Waals surface area contributed by atoms with E-state index in [1.165, 1.54) is 7.05 Å². The molecule has 1 heterocycles. The number of aromatic nitrogens is 1. The van der Waals surface area contributed by atoms with Crippen molar-refractivity contribution in [2.45, 2.75) is 4.90 Å². The molecule has 2 aromatic carbocycles. The van der Waals surface area contributed by atoms with Crippen LogP contribution in [0.2, 0.25) is 0 Å². The predicted octanol–water partition coefficient (Wildman–Crippen LogP) is 2.49. The van der Waals surface area contributed by atoms with Crippen LogP contribution >= 0.6 is 0 Å². The number of amides is 1. The van der Waals surface area contributed by atoms with E-state index in [2.05, 4.69) is 10.3 Å². The third kappa shape index (κ3) is 3.84. The Labute approximate surface area is 146 Å². The van der Waals surface area contributed by atoms with Crippen LogP contribution in [0.3, 0.4) is 0 Å². The highest BCUT2D eigenvalue weighted by molar-refractivity contribution is 7.89. The van der Waals surface area contributed by atoms with Crippen LogP contribution in [-0.2, 0) is 14.8 Å². The Morgan fingerprint density at radius 1 is 1.04 bits per heavy atom. The average Bonchev–Trinajstić information content (AvgIpc) is 2.62. The summed E-state index contributed by atoms with van der Waals surface area (Å²) in [5, 5.41) is 4.43. The number of benzene rings is 2. The van der Waals surface area contributed by atoms with Crippen molar-refractivity contribution in [1.29, 1.82) is 0 Å². The summed E-state index contributed by atoms with van der Waals surface area (Å²) in [7, 11) is -2.37. The van der Waals surface area contributed by atoms with Crippen LogP contribution in [0.25, 0.3) is 10.8 Å². The quantitative estimate of drug-likeness (QED) is 0.763. The molecule has 3 rings (SSSR count). The number of nitrogens with one attached hydrogen (secondary N) is 1. The van der Waals surface area contributed by atoms with Gasteiger partial charge in [-0.25, -0.2) is 8.42 Å². The van der Waals surface area contributed by atoms with Gasteiger partial charge in [-0.2, -0.15) is 4.31 Å². The molecule has 25 heavy (non-hydrogen) atoms. The van der Waals surface area contributed by atoms with Gasteiger partial charge in [-0.15, -0.1) is 0 Å². The average molecular weight is 355 g/mol. The van der Waals surface area contributed by atoms with Crippen molar-refractivity contribution in [3.8, 4) is 0 Å². The maximum atomic E-state index is 12.7. The Balaban J connectivity index is 1.77. The van der Waals surface area contributed by atoms with Crippen LogP contribution in [0.15, 0.2) is 71.9 Å². The van der Waals surface area contributed by atoms with E-state index in [0.29, 0.717) is 5.69 Å². The summed E-state index contributed by atoms with van der Waals surface area (Å²) in [5.74, 6) is -0.418. The number of rotatable bonds is 5. The number of likely N-dealkylation sites (N-methyl/N-ethyl adjacent to an activating group) is 1. The predicted molar refractivity (Wildman–Crippen MR) is 96.6 cm³/mol. The Morgan fingerprint density at radius 2 is 1.72 bits per heavy atom. The number of hydrogen-bond donors (Lipinski definition) is 1. The van der Waals surface area contributed by atoms with Crippen molar-refractivity contribution in [1.82, 2.24) is 9.29 Å². The Morgan fingerprint density at radius 3 is 2.44 bits per heavy atom. The number of carbonyl (C=O) groups is 1. The molecule has 0 unspecified atom stereocenters. The normalized spacial score (nSPS) is 11.6. The summed E-state index contributed by atoms with van der Waals surface area (Å²) in [6.07, 6.45) is 3.09. The van der Waals surface area contributed by atoms with Crippen molar-refractivity contribution >= 4 is 32.4 Å². The molecule has 0 bridgehead atoms. The Kier molecular flexibility index (Phi) is 4.78. The molecule has 6 nitrogen and oxygen atoms in total. The van der Waals surface area contributed by atoms with E-state index in [-0.39, 0.29) is 11.4 Å². The lowest BCUT2D eigenvalue weighted by atomic mass is 10.1. The molecule has 3 aromatic rings. The molecule has 0 saturated heterocycles. The standard InChI is InChI=1S/C18H17N3O3S/c1-21(13-18(22)20-16-8-10-19-11-9-16)25(23,24)17-7-6-14-4-2-3-5-15(14)12-17/h2-12H,13H2,1H3,(H,19,20,22). The van der Waals surface area contributed by atoms with Gasteiger partial charge in [0.05, 0.1) is 11.4 Å². The summed E-state index contributed by atoms with van der Waals surface area (Å²) in [4.78, 5) is 16.1. The number of sulfonamides is 1. The van der Waals surface area contributed by atoms with E-state index in [4.69, 9.17) is 0 Å².